The van der Waals surface area contributed by atoms with Crippen LogP contribution in [0.5, 0.6) is 0 Å². The van der Waals surface area contributed by atoms with Crippen LogP contribution in [0.3, 0.4) is 0 Å². The van der Waals surface area contributed by atoms with Crippen molar-refractivity contribution < 1.29 is 9.59 Å². The molecule has 14 heavy (non-hydrogen) atoms. The lowest BCUT2D eigenvalue weighted by molar-refractivity contribution is -0.151. The largest absolute Gasteiger partial charge is 0.273 e. The summed E-state index contributed by atoms with van der Waals surface area (Å²) >= 11 is 1.85. The van der Waals surface area contributed by atoms with Gasteiger partial charge in [0.1, 0.15) is 0 Å². The number of hydrogen-bond acceptors (Lipinski definition) is 2. The number of nitrogens with zero attached hydrogens (tertiary/aromatic N) is 1. The third-order valence-electron chi connectivity index (χ3n) is 3.56. The Hall–Kier alpha value is -0.130. The second-order valence-corrected chi connectivity index (χ2v) is 5.27. The Morgan fingerprint density at radius 1 is 1.21 bits per heavy atom. The molecule has 0 aromatic heterocycles. The molecule has 4 heteroatoms. The molecular weight excluding hydrogens is 293 g/mol. The van der Waals surface area contributed by atoms with Gasteiger partial charge in [0.2, 0.25) is 11.8 Å². The van der Waals surface area contributed by atoms with Crippen LogP contribution in [0.4, 0.5) is 0 Å². The number of carbonyl (C=O) groups is 2. The Bertz CT molecular complexity index is 279. The molecule has 2 rings (SSSR count). The van der Waals surface area contributed by atoms with E-state index in [0.717, 1.165) is 19.3 Å². The summed E-state index contributed by atoms with van der Waals surface area (Å²) in [6, 6.07) is 0. The molecule has 1 aliphatic heterocycles. The molecule has 3 atom stereocenters. The number of hydrogen-bond donors (Lipinski definition) is 0. The smallest absolute Gasteiger partial charge is 0.241 e. The lowest BCUT2D eigenvalue weighted by Gasteiger charge is -2.40. The molecule has 0 aromatic rings. The molecule has 0 bridgehead atoms. The zero-order chi connectivity index (χ0) is 10.3. The predicted molar refractivity (Wildman–Crippen MR) is 60.5 cm³/mol. The number of amides is 2. The normalized spacial score (nSPS) is 38.4. The van der Waals surface area contributed by atoms with Gasteiger partial charge >= 0.3 is 0 Å². The Kier molecular flexibility index (Phi) is 2.81. The summed E-state index contributed by atoms with van der Waals surface area (Å²) in [6.45, 7) is 1.96. The summed E-state index contributed by atoms with van der Waals surface area (Å²) in [4.78, 5) is 23.5. The second-order valence-electron chi connectivity index (χ2n) is 4.30. The number of carbonyl (C=O) groups excluding carboxylic acids is 2. The Labute approximate surface area is 97.7 Å². The van der Waals surface area contributed by atoms with Gasteiger partial charge < -0.3 is 0 Å². The van der Waals surface area contributed by atoms with E-state index in [9.17, 15) is 9.59 Å². The molecule has 0 radical (unpaired) electrons. The summed E-state index contributed by atoms with van der Waals surface area (Å²) in [6.07, 6.45) is 4.33. The van der Waals surface area contributed by atoms with Crippen molar-refractivity contribution in [2.75, 3.05) is 0 Å². The fourth-order valence-electron chi connectivity index (χ4n) is 2.68. The highest BCUT2D eigenvalue weighted by Gasteiger charge is 2.45. The van der Waals surface area contributed by atoms with Crippen LogP contribution in [0, 0.1) is 17.8 Å². The maximum absolute atomic E-state index is 11.8. The SMILES string of the molecule is CC1C(=O)N(I)C(=O)C2CCCCC12. The quantitative estimate of drug-likeness (QED) is 0.391. The van der Waals surface area contributed by atoms with Crippen LogP contribution in [0.1, 0.15) is 32.6 Å². The van der Waals surface area contributed by atoms with Gasteiger partial charge in [-0.3, -0.25) is 9.59 Å². The highest BCUT2D eigenvalue weighted by atomic mass is 127. The second kappa shape index (κ2) is 3.79. The highest BCUT2D eigenvalue weighted by molar-refractivity contribution is 14.1. The maximum atomic E-state index is 11.8. The third-order valence-corrected chi connectivity index (χ3v) is 4.51. The van der Waals surface area contributed by atoms with Gasteiger partial charge in [0, 0.05) is 11.8 Å². The van der Waals surface area contributed by atoms with Gasteiger partial charge in [0.25, 0.3) is 0 Å². The van der Waals surface area contributed by atoms with E-state index >= 15 is 0 Å². The van der Waals surface area contributed by atoms with E-state index in [1.807, 2.05) is 29.8 Å². The first-order valence-electron chi connectivity index (χ1n) is 5.16. The zero-order valence-corrected chi connectivity index (χ0v) is 10.4. The molecule has 1 heterocycles. The average molecular weight is 307 g/mol. The summed E-state index contributed by atoms with van der Waals surface area (Å²) in [5.74, 6) is 0.509. The molecule has 1 saturated heterocycles. The molecule has 1 saturated carbocycles. The average Bonchev–Trinajstić information content (AvgIpc) is 2.23. The van der Waals surface area contributed by atoms with Gasteiger partial charge in [0.05, 0.1) is 22.9 Å². The number of halogens is 1. The van der Waals surface area contributed by atoms with Gasteiger partial charge in [-0.2, -0.15) is 0 Å². The Morgan fingerprint density at radius 2 is 1.86 bits per heavy atom. The first-order chi connectivity index (χ1) is 6.63. The zero-order valence-electron chi connectivity index (χ0n) is 8.20. The topological polar surface area (TPSA) is 37.4 Å². The number of fused-ring (bicyclic) bond motifs is 1. The molecule has 0 spiro atoms. The maximum Gasteiger partial charge on any atom is 0.241 e. The summed E-state index contributed by atoms with van der Waals surface area (Å²) in [7, 11) is 0. The fourth-order valence-corrected chi connectivity index (χ4v) is 3.48. The van der Waals surface area contributed by atoms with Gasteiger partial charge in [0.15, 0.2) is 0 Å². The molecule has 1 aliphatic carbocycles. The predicted octanol–water partition coefficient (Wildman–Crippen LogP) is 2.15. The van der Waals surface area contributed by atoms with Crippen LogP contribution >= 0.6 is 22.9 Å². The van der Waals surface area contributed by atoms with Crippen molar-refractivity contribution in [3.05, 3.63) is 0 Å². The van der Waals surface area contributed by atoms with Crippen molar-refractivity contribution >= 4 is 34.7 Å². The third kappa shape index (κ3) is 1.47. The van der Waals surface area contributed by atoms with Crippen LogP contribution in [0.15, 0.2) is 0 Å². The van der Waals surface area contributed by atoms with E-state index in [2.05, 4.69) is 0 Å². The summed E-state index contributed by atoms with van der Waals surface area (Å²) < 4.78 is 1.30. The molecule has 3 nitrogen and oxygen atoms in total. The van der Waals surface area contributed by atoms with Crippen LogP contribution in [-0.4, -0.2) is 14.9 Å². The molecule has 78 valence electrons. The minimum Gasteiger partial charge on any atom is -0.273 e. The lowest BCUT2D eigenvalue weighted by atomic mass is 9.70. The van der Waals surface area contributed by atoms with E-state index in [-0.39, 0.29) is 23.7 Å². The van der Waals surface area contributed by atoms with Gasteiger partial charge in [-0.1, -0.05) is 19.8 Å². The first-order valence-corrected chi connectivity index (χ1v) is 6.13. The van der Waals surface area contributed by atoms with E-state index in [1.165, 1.54) is 9.53 Å². The highest BCUT2D eigenvalue weighted by Crippen LogP contribution is 2.41. The van der Waals surface area contributed by atoms with Crippen LogP contribution in [-0.2, 0) is 9.59 Å². The first kappa shape index (κ1) is 10.4. The molecular formula is C10H14INO2. The van der Waals surface area contributed by atoms with Gasteiger partial charge in [-0.05, 0) is 18.8 Å². The Morgan fingerprint density at radius 3 is 2.57 bits per heavy atom. The minimum absolute atomic E-state index is 0.00116. The number of piperidine rings is 1. The van der Waals surface area contributed by atoms with Gasteiger partial charge in [-0.25, -0.2) is 3.11 Å². The van der Waals surface area contributed by atoms with Crippen molar-refractivity contribution in [1.82, 2.24) is 3.11 Å². The molecule has 2 fully saturated rings. The monoisotopic (exact) mass is 307 g/mol. The molecule has 0 N–H and O–H groups in total. The lowest BCUT2D eigenvalue weighted by Crippen LogP contribution is -2.50. The van der Waals surface area contributed by atoms with Crippen molar-refractivity contribution in [3.8, 4) is 0 Å². The standard InChI is InChI=1S/C10H14INO2/c1-6-7-4-2-3-5-8(7)10(14)12(11)9(6)13/h6-8H,2-5H2,1H3. The summed E-state index contributed by atoms with van der Waals surface area (Å²) in [5.41, 5.74) is 0. The number of imide groups is 1. The van der Waals surface area contributed by atoms with Crippen molar-refractivity contribution in [3.63, 3.8) is 0 Å². The summed E-state index contributed by atoms with van der Waals surface area (Å²) in [5, 5.41) is 0. The van der Waals surface area contributed by atoms with E-state index in [0.29, 0.717) is 5.92 Å². The van der Waals surface area contributed by atoms with Crippen molar-refractivity contribution in [1.29, 1.82) is 0 Å². The van der Waals surface area contributed by atoms with E-state index < -0.39 is 0 Å². The van der Waals surface area contributed by atoms with E-state index in [1.54, 1.807) is 0 Å². The van der Waals surface area contributed by atoms with Crippen LogP contribution < -0.4 is 0 Å². The minimum atomic E-state index is -0.00116. The van der Waals surface area contributed by atoms with Gasteiger partial charge in [-0.15, -0.1) is 0 Å². The molecule has 2 amide bonds. The van der Waals surface area contributed by atoms with Crippen molar-refractivity contribution in [2.45, 2.75) is 32.6 Å². The molecule has 2 aliphatic rings. The molecule has 0 aromatic carbocycles. The number of rotatable bonds is 0. The van der Waals surface area contributed by atoms with Crippen LogP contribution in [0.25, 0.3) is 0 Å². The van der Waals surface area contributed by atoms with E-state index in [4.69, 9.17) is 0 Å². The van der Waals surface area contributed by atoms with Crippen molar-refractivity contribution in [2.24, 2.45) is 17.8 Å². The van der Waals surface area contributed by atoms with Crippen LogP contribution in [0.2, 0.25) is 0 Å². The Balaban J connectivity index is 2.25. The molecule has 3 unspecified atom stereocenters. The fraction of sp³-hybridized carbons (Fsp3) is 0.800.